The van der Waals surface area contributed by atoms with Gasteiger partial charge in [-0.15, -0.1) is 0 Å². The van der Waals surface area contributed by atoms with Crippen LogP contribution in [0.5, 0.6) is 0 Å². The molecule has 34 heavy (non-hydrogen) atoms. The zero-order valence-electron chi connectivity index (χ0n) is 18.2. The lowest BCUT2D eigenvalue weighted by molar-refractivity contribution is 0.0500. The van der Waals surface area contributed by atoms with E-state index in [0.717, 1.165) is 0 Å². The third-order valence-corrected chi connectivity index (χ3v) is 5.19. The summed E-state index contributed by atoms with van der Waals surface area (Å²) in [6, 6.07) is 24.3. The molecule has 0 bridgehead atoms. The fraction of sp³-hybridized carbons (Fsp3) is 0.0769. The zero-order chi connectivity index (χ0) is 24.1. The number of carbonyl (C=O) groups excluding carboxylic acids is 2. The van der Waals surface area contributed by atoms with Crippen molar-refractivity contribution in [1.82, 2.24) is 9.97 Å². The highest BCUT2D eigenvalue weighted by atomic mass is 16.5. The van der Waals surface area contributed by atoms with Gasteiger partial charge in [0, 0.05) is 12.7 Å². The minimum Gasteiger partial charge on any atom is -0.507 e. The summed E-state index contributed by atoms with van der Waals surface area (Å²) in [5.74, 6) is -1.49. The van der Waals surface area contributed by atoms with Crippen LogP contribution in [0.25, 0.3) is 16.6 Å². The third-order valence-electron chi connectivity index (χ3n) is 5.19. The van der Waals surface area contributed by atoms with Crippen LogP contribution in [0.4, 0.5) is 5.69 Å². The minimum atomic E-state index is -0.807. The van der Waals surface area contributed by atoms with E-state index in [0.29, 0.717) is 16.7 Å². The predicted molar refractivity (Wildman–Crippen MR) is 127 cm³/mol. The van der Waals surface area contributed by atoms with E-state index in [9.17, 15) is 20.0 Å². The Bertz CT molecular complexity index is 1400. The minimum absolute atomic E-state index is 0.0466. The van der Waals surface area contributed by atoms with Crippen LogP contribution in [-0.4, -0.2) is 40.6 Å². The number of H-pyrrole nitrogens is 1. The number of aliphatic hydroxyl groups excluding tert-OH is 1. The number of aromatic nitrogens is 2. The summed E-state index contributed by atoms with van der Waals surface area (Å²) in [7, 11) is 1.61. The maximum atomic E-state index is 13.0. The molecule has 4 rings (SSSR count). The highest BCUT2D eigenvalue weighted by Gasteiger charge is 2.22. The van der Waals surface area contributed by atoms with Gasteiger partial charge >= 0.3 is 5.97 Å². The number of amides is 1. The lowest BCUT2D eigenvalue weighted by atomic mass is 10.1. The Morgan fingerprint density at radius 2 is 1.65 bits per heavy atom. The maximum Gasteiger partial charge on any atom is 0.339 e. The molecule has 0 aliphatic heterocycles. The zero-order valence-corrected chi connectivity index (χ0v) is 18.2. The molecule has 0 atom stereocenters. The summed E-state index contributed by atoms with van der Waals surface area (Å²) < 4.78 is 5.23. The first-order valence-electron chi connectivity index (χ1n) is 10.4. The van der Waals surface area contributed by atoms with E-state index >= 15 is 0 Å². The number of hydrogen-bond acceptors (Lipinski definition) is 6. The number of rotatable bonds is 6. The highest BCUT2D eigenvalue weighted by Crippen LogP contribution is 2.21. The number of hydrogen-bond donors (Lipinski definition) is 2. The molecular weight excluding hydrogens is 432 g/mol. The Hall–Kier alpha value is -4.90. The molecule has 8 nitrogen and oxygen atoms in total. The number of fused-ring (bicyclic) bond motifs is 1. The van der Waals surface area contributed by atoms with Gasteiger partial charge in [0.05, 0.1) is 22.2 Å². The Labute approximate surface area is 195 Å². The molecule has 0 aliphatic rings. The number of nitriles is 1. The highest BCUT2D eigenvalue weighted by molar-refractivity contribution is 6.12. The van der Waals surface area contributed by atoms with E-state index in [1.165, 1.54) is 17.0 Å². The van der Waals surface area contributed by atoms with Gasteiger partial charge in [0.15, 0.2) is 11.6 Å². The summed E-state index contributed by atoms with van der Waals surface area (Å²) in [6.45, 7) is -0.560. The number of ether oxygens (including phenoxy) is 1. The van der Waals surface area contributed by atoms with E-state index in [1.807, 2.05) is 30.3 Å². The van der Waals surface area contributed by atoms with Crippen LogP contribution in [0, 0.1) is 11.3 Å². The number of nitrogens with zero attached hydrogens (tertiary/aromatic N) is 3. The lowest BCUT2D eigenvalue weighted by Gasteiger charge is -2.18. The largest absolute Gasteiger partial charge is 0.507 e. The lowest BCUT2D eigenvalue weighted by Crippen LogP contribution is -2.28. The number of anilines is 1. The summed E-state index contributed by atoms with van der Waals surface area (Å²) in [5, 5.41) is 20.0. The Morgan fingerprint density at radius 1 is 1.00 bits per heavy atom. The van der Waals surface area contributed by atoms with Crippen molar-refractivity contribution in [2.45, 2.75) is 0 Å². The van der Waals surface area contributed by atoms with Crippen molar-refractivity contribution in [3.63, 3.8) is 0 Å². The van der Waals surface area contributed by atoms with Crippen LogP contribution in [-0.2, 0) is 4.74 Å². The molecular formula is C26H20N4O4. The smallest absolute Gasteiger partial charge is 0.339 e. The van der Waals surface area contributed by atoms with Gasteiger partial charge < -0.3 is 19.7 Å². The Balaban J connectivity index is 1.54. The number of aromatic amines is 1. The molecule has 1 heterocycles. The molecule has 1 aromatic heterocycles. The molecule has 0 radical (unpaired) electrons. The van der Waals surface area contributed by atoms with Crippen molar-refractivity contribution in [2.75, 3.05) is 18.6 Å². The quantitative estimate of drug-likeness (QED) is 0.253. The van der Waals surface area contributed by atoms with Gasteiger partial charge in [-0.1, -0.05) is 42.5 Å². The van der Waals surface area contributed by atoms with E-state index in [1.54, 1.807) is 49.5 Å². The summed E-state index contributed by atoms with van der Waals surface area (Å²) >= 11 is 0. The molecule has 0 unspecified atom stereocenters. The average molecular weight is 452 g/mol. The molecule has 1 amide bonds. The number of esters is 1. The van der Waals surface area contributed by atoms with Crippen molar-refractivity contribution in [3.8, 4) is 6.07 Å². The fourth-order valence-electron chi connectivity index (χ4n) is 3.41. The molecule has 3 aromatic carbocycles. The number of para-hydroxylation sites is 3. The van der Waals surface area contributed by atoms with Crippen molar-refractivity contribution in [3.05, 3.63) is 102 Å². The molecule has 168 valence electrons. The van der Waals surface area contributed by atoms with Gasteiger partial charge in [0.25, 0.3) is 5.91 Å². The van der Waals surface area contributed by atoms with Crippen molar-refractivity contribution in [2.24, 2.45) is 0 Å². The Kier molecular flexibility index (Phi) is 6.37. The first-order chi connectivity index (χ1) is 16.5. The van der Waals surface area contributed by atoms with Crippen LogP contribution >= 0.6 is 0 Å². The first kappa shape index (κ1) is 22.3. The van der Waals surface area contributed by atoms with Gasteiger partial charge in [0.2, 0.25) is 0 Å². The monoisotopic (exact) mass is 452 g/mol. The third kappa shape index (κ3) is 4.49. The predicted octanol–water partition coefficient (Wildman–Crippen LogP) is 4.49. The van der Waals surface area contributed by atoms with E-state index in [4.69, 9.17) is 4.74 Å². The number of carbonyl (C=O) groups is 2. The standard InChI is InChI=1S/C26H20N4O4/c1-30(17-9-3-2-4-10-17)25(32)18-11-5-6-12-19(18)26(33)34-16-23(31)20(15-27)24-28-21-13-7-8-14-22(21)29-24/h2-14,31H,16H2,1H3,(H,28,29)/b23-20+. The van der Waals surface area contributed by atoms with Crippen LogP contribution in [0.15, 0.2) is 84.6 Å². The Morgan fingerprint density at radius 3 is 2.35 bits per heavy atom. The van der Waals surface area contributed by atoms with Crippen LogP contribution in [0.1, 0.15) is 26.5 Å². The van der Waals surface area contributed by atoms with Crippen LogP contribution in [0.2, 0.25) is 0 Å². The number of nitrogens with one attached hydrogen (secondary N) is 1. The van der Waals surface area contributed by atoms with E-state index in [2.05, 4.69) is 9.97 Å². The van der Waals surface area contributed by atoms with Gasteiger partial charge in [-0.05, 0) is 36.4 Å². The van der Waals surface area contributed by atoms with Gasteiger partial charge in [-0.25, -0.2) is 9.78 Å². The molecule has 4 aromatic rings. The number of aliphatic hydroxyl groups is 1. The van der Waals surface area contributed by atoms with Crippen molar-refractivity contribution < 1.29 is 19.4 Å². The van der Waals surface area contributed by atoms with E-state index < -0.39 is 24.2 Å². The molecule has 0 saturated heterocycles. The first-order valence-corrected chi connectivity index (χ1v) is 10.4. The molecule has 0 spiro atoms. The van der Waals surface area contributed by atoms with E-state index in [-0.39, 0.29) is 22.5 Å². The topological polar surface area (TPSA) is 119 Å². The summed E-state index contributed by atoms with van der Waals surface area (Å²) in [4.78, 5) is 34.5. The number of benzene rings is 3. The van der Waals surface area contributed by atoms with Crippen LogP contribution in [0.3, 0.4) is 0 Å². The van der Waals surface area contributed by atoms with Gasteiger partial charge in [-0.2, -0.15) is 5.26 Å². The average Bonchev–Trinajstić information content (AvgIpc) is 3.31. The normalized spacial score (nSPS) is 11.4. The van der Waals surface area contributed by atoms with Crippen molar-refractivity contribution in [1.29, 1.82) is 5.26 Å². The summed E-state index contributed by atoms with van der Waals surface area (Å²) in [5.41, 5.74) is 2.05. The molecule has 8 heteroatoms. The molecule has 0 saturated carbocycles. The SMILES string of the molecule is CN(C(=O)c1ccccc1C(=O)OC/C(O)=C(/C#N)c1nc2ccccc2[nH]1)c1ccccc1. The number of allylic oxidation sites excluding steroid dienone is 1. The van der Waals surface area contributed by atoms with Gasteiger partial charge in [0.1, 0.15) is 18.2 Å². The fourth-order valence-corrected chi connectivity index (χ4v) is 3.41. The van der Waals surface area contributed by atoms with Crippen molar-refractivity contribution >= 4 is 34.2 Å². The number of imidazole rings is 1. The second-order valence-corrected chi connectivity index (χ2v) is 7.36. The summed E-state index contributed by atoms with van der Waals surface area (Å²) in [6.07, 6.45) is 0. The van der Waals surface area contributed by atoms with Crippen LogP contribution < -0.4 is 4.90 Å². The maximum absolute atomic E-state index is 13.0. The second kappa shape index (κ2) is 9.71. The molecule has 0 fully saturated rings. The second-order valence-electron chi connectivity index (χ2n) is 7.36. The molecule has 2 N–H and O–H groups in total. The van der Waals surface area contributed by atoms with Gasteiger partial charge in [-0.3, -0.25) is 4.79 Å². The molecule has 0 aliphatic carbocycles.